The Bertz CT molecular complexity index is 659. The average Bonchev–Trinajstić information content (AvgIpc) is 2.99. The fourth-order valence-electron chi connectivity index (χ4n) is 3.17. The molecule has 0 saturated carbocycles. The van der Waals surface area contributed by atoms with Crippen molar-refractivity contribution in [1.29, 1.82) is 0 Å². The number of esters is 1. The van der Waals surface area contributed by atoms with Crippen molar-refractivity contribution in [3.05, 3.63) is 35.4 Å². The molecule has 0 aliphatic carbocycles. The van der Waals surface area contributed by atoms with E-state index in [0.29, 0.717) is 24.9 Å². The molecule has 0 radical (unpaired) electrons. The summed E-state index contributed by atoms with van der Waals surface area (Å²) in [7, 11) is 1.32. The van der Waals surface area contributed by atoms with E-state index in [9.17, 15) is 14.4 Å². The van der Waals surface area contributed by atoms with Crippen LogP contribution in [0, 0.1) is 0 Å². The van der Waals surface area contributed by atoms with E-state index in [0.717, 1.165) is 24.9 Å². The van der Waals surface area contributed by atoms with Crippen LogP contribution < -0.4 is 5.32 Å². The van der Waals surface area contributed by atoms with Gasteiger partial charge in [0, 0.05) is 25.1 Å². The molecule has 1 atom stereocenters. The van der Waals surface area contributed by atoms with E-state index < -0.39 is 11.5 Å². The van der Waals surface area contributed by atoms with Gasteiger partial charge in [0.1, 0.15) is 5.54 Å². The third-order valence-electron chi connectivity index (χ3n) is 4.51. The quantitative estimate of drug-likeness (QED) is 0.769. The summed E-state index contributed by atoms with van der Waals surface area (Å²) < 4.78 is 4.83. The zero-order valence-corrected chi connectivity index (χ0v) is 15.1. The minimum Gasteiger partial charge on any atom is -0.467 e. The maximum Gasteiger partial charge on any atom is 0.331 e. The van der Waals surface area contributed by atoms with Crippen LogP contribution in [-0.2, 0) is 20.9 Å². The van der Waals surface area contributed by atoms with Gasteiger partial charge < -0.3 is 15.0 Å². The molecule has 1 heterocycles. The first kappa shape index (κ1) is 19.0. The van der Waals surface area contributed by atoms with Crippen molar-refractivity contribution in [2.45, 2.75) is 51.6 Å². The highest BCUT2D eigenvalue weighted by Crippen LogP contribution is 2.18. The van der Waals surface area contributed by atoms with Crippen LogP contribution in [0.25, 0.3) is 0 Å². The second-order valence-corrected chi connectivity index (χ2v) is 6.65. The largest absolute Gasteiger partial charge is 0.467 e. The zero-order chi connectivity index (χ0) is 18.4. The van der Waals surface area contributed by atoms with E-state index in [1.807, 2.05) is 13.0 Å². The zero-order valence-electron chi connectivity index (χ0n) is 15.1. The van der Waals surface area contributed by atoms with Gasteiger partial charge in [-0.1, -0.05) is 25.5 Å². The van der Waals surface area contributed by atoms with Crippen molar-refractivity contribution in [1.82, 2.24) is 10.2 Å². The summed E-state index contributed by atoms with van der Waals surface area (Å²) in [5.74, 6) is -0.631. The molecule has 136 valence electrons. The molecule has 1 N–H and O–H groups in total. The number of rotatable bonds is 7. The van der Waals surface area contributed by atoms with Crippen molar-refractivity contribution in [3.8, 4) is 0 Å². The normalized spacial score (nSPS) is 16.4. The number of hydrogen-bond acceptors (Lipinski definition) is 4. The first-order valence-electron chi connectivity index (χ1n) is 8.67. The van der Waals surface area contributed by atoms with Crippen LogP contribution in [0.4, 0.5) is 0 Å². The fourth-order valence-corrected chi connectivity index (χ4v) is 3.17. The second kappa shape index (κ2) is 8.14. The van der Waals surface area contributed by atoms with Crippen LogP contribution in [-0.4, -0.2) is 41.9 Å². The van der Waals surface area contributed by atoms with Crippen LogP contribution in [0.1, 0.15) is 55.5 Å². The lowest BCUT2D eigenvalue weighted by atomic mass is 9.95. The van der Waals surface area contributed by atoms with Crippen molar-refractivity contribution < 1.29 is 19.1 Å². The highest BCUT2D eigenvalue weighted by atomic mass is 16.5. The topological polar surface area (TPSA) is 75.7 Å². The van der Waals surface area contributed by atoms with Crippen LogP contribution in [0.15, 0.2) is 24.3 Å². The molecule has 1 aromatic carbocycles. The van der Waals surface area contributed by atoms with Crippen molar-refractivity contribution >= 4 is 17.8 Å². The molecule has 1 aliphatic heterocycles. The molecule has 6 heteroatoms. The number of carbonyl (C=O) groups excluding carboxylic acids is 3. The summed E-state index contributed by atoms with van der Waals surface area (Å²) in [6.45, 7) is 4.88. The Morgan fingerprint density at radius 3 is 2.72 bits per heavy atom. The first-order valence-corrected chi connectivity index (χ1v) is 8.67. The Kier molecular flexibility index (Phi) is 6.17. The molecule has 1 saturated heterocycles. The smallest absolute Gasteiger partial charge is 0.331 e. The third kappa shape index (κ3) is 4.59. The number of carbonyl (C=O) groups is 3. The molecule has 0 aromatic heterocycles. The number of hydrogen-bond donors (Lipinski definition) is 1. The Labute approximate surface area is 148 Å². The molecule has 1 fully saturated rings. The molecule has 0 spiro atoms. The van der Waals surface area contributed by atoms with Crippen molar-refractivity contribution in [2.24, 2.45) is 0 Å². The maximum absolute atomic E-state index is 12.6. The number of amides is 2. The maximum atomic E-state index is 12.6. The Morgan fingerprint density at radius 1 is 1.36 bits per heavy atom. The van der Waals surface area contributed by atoms with Gasteiger partial charge in [-0.05, 0) is 37.5 Å². The molecular weight excluding hydrogens is 320 g/mol. The predicted octanol–water partition coefficient (Wildman–Crippen LogP) is 2.27. The minimum atomic E-state index is -1.05. The number of methoxy groups -OCH3 is 1. The van der Waals surface area contributed by atoms with Gasteiger partial charge in [0.15, 0.2) is 0 Å². The van der Waals surface area contributed by atoms with E-state index in [-0.39, 0.29) is 11.8 Å². The van der Waals surface area contributed by atoms with Gasteiger partial charge in [0.05, 0.1) is 7.11 Å². The second-order valence-electron chi connectivity index (χ2n) is 6.65. The lowest BCUT2D eigenvalue weighted by Crippen LogP contribution is -2.52. The van der Waals surface area contributed by atoms with E-state index >= 15 is 0 Å². The lowest BCUT2D eigenvalue weighted by Gasteiger charge is -2.27. The molecule has 2 amide bonds. The minimum absolute atomic E-state index is 0.149. The van der Waals surface area contributed by atoms with Gasteiger partial charge in [-0.2, -0.15) is 0 Å². The van der Waals surface area contributed by atoms with Crippen LogP contribution in [0.2, 0.25) is 0 Å². The summed E-state index contributed by atoms with van der Waals surface area (Å²) in [5, 5.41) is 2.80. The molecule has 1 aliphatic rings. The Hall–Kier alpha value is -2.37. The SMILES string of the molecule is CCCC(C)(NC(=O)c1cccc(CN2CCCC2=O)c1)C(=O)OC. The summed E-state index contributed by atoms with van der Waals surface area (Å²) in [4.78, 5) is 38.2. The monoisotopic (exact) mass is 346 g/mol. The number of benzene rings is 1. The van der Waals surface area contributed by atoms with Gasteiger partial charge >= 0.3 is 5.97 Å². The summed E-state index contributed by atoms with van der Waals surface area (Å²) in [6.07, 6.45) is 2.71. The predicted molar refractivity (Wildman–Crippen MR) is 93.9 cm³/mol. The van der Waals surface area contributed by atoms with Gasteiger partial charge in [0.25, 0.3) is 5.91 Å². The van der Waals surface area contributed by atoms with Crippen LogP contribution in [0.5, 0.6) is 0 Å². The number of nitrogens with one attached hydrogen (secondary N) is 1. The van der Waals surface area contributed by atoms with Gasteiger partial charge in [-0.25, -0.2) is 4.79 Å². The molecule has 1 aromatic rings. The van der Waals surface area contributed by atoms with E-state index in [1.54, 1.807) is 30.0 Å². The first-order chi connectivity index (χ1) is 11.9. The standard InChI is InChI=1S/C19H26N2O4/c1-4-10-19(2,18(24)25-3)20-17(23)15-8-5-7-14(12-15)13-21-11-6-9-16(21)22/h5,7-8,12H,4,6,9-11,13H2,1-3H3,(H,20,23). The number of ether oxygens (including phenoxy) is 1. The Balaban J connectivity index is 2.12. The van der Waals surface area contributed by atoms with Gasteiger partial charge in [-0.3, -0.25) is 9.59 Å². The Morgan fingerprint density at radius 2 is 2.12 bits per heavy atom. The molecule has 0 bridgehead atoms. The van der Waals surface area contributed by atoms with Gasteiger partial charge in [-0.15, -0.1) is 0 Å². The van der Waals surface area contributed by atoms with Crippen molar-refractivity contribution in [3.63, 3.8) is 0 Å². The molecule has 1 unspecified atom stereocenters. The van der Waals surface area contributed by atoms with Crippen molar-refractivity contribution in [2.75, 3.05) is 13.7 Å². The van der Waals surface area contributed by atoms with E-state index in [4.69, 9.17) is 4.74 Å². The third-order valence-corrected chi connectivity index (χ3v) is 4.51. The van der Waals surface area contributed by atoms with Crippen LogP contribution in [0.3, 0.4) is 0 Å². The van der Waals surface area contributed by atoms with Gasteiger partial charge in [0.2, 0.25) is 5.91 Å². The number of nitrogens with zero attached hydrogens (tertiary/aromatic N) is 1. The summed E-state index contributed by atoms with van der Waals surface area (Å²) in [6, 6.07) is 7.16. The molecule has 2 rings (SSSR count). The average molecular weight is 346 g/mol. The fraction of sp³-hybridized carbons (Fsp3) is 0.526. The molecule has 25 heavy (non-hydrogen) atoms. The van der Waals surface area contributed by atoms with E-state index in [1.165, 1.54) is 7.11 Å². The molecule has 6 nitrogen and oxygen atoms in total. The van der Waals surface area contributed by atoms with Crippen LogP contribution >= 0.6 is 0 Å². The highest BCUT2D eigenvalue weighted by molar-refractivity contribution is 5.98. The molecular formula is C19H26N2O4. The van der Waals surface area contributed by atoms with E-state index in [2.05, 4.69) is 5.32 Å². The summed E-state index contributed by atoms with van der Waals surface area (Å²) in [5.41, 5.74) is 0.315. The summed E-state index contributed by atoms with van der Waals surface area (Å²) >= 11 is 0. The number of likely N-dealkylation sites (tertiary alicyclic amines) is 1. The highest BCUT2D eigenvalue weighted by Gasteiger charge is 2.35. The lowest BCUT2D eigenvalue weighted by molar-refractivity contribution is -0.147.